The number of phosphoric acid groups is 1. The zero-order valence-corrected chi connectivity index (χ0v) is 41.7. The SMILES string of the molecule is C=CC(=O)Nc1cc(Nc2nc(N3CCCC(N4CCc5c(sc6c5CCCC6)C4=O)C3CO)cnc2OC)ccc1N1CCN(C2CCN(c3cccc(C(C)(C)OP(=O)(O)O)n3)CC2)C[C@@H]1C. The summed E-state index contributed by atoms with van der Waals surface area (Å²) in [6.07, 6.45) is 11.7. The Morgan fingerprint density at radius 3 is 2.49 bits per heavy atom. The minimum absolute atomic E-state index is 0.0836. The Kier molecular flexibility index (Phi) is 14.4. The molecule has 3 fully saturated rings. The zero-order chi connectivity index (χ0) is 48.6. The van der Waals surface area contributed by atoms with Gasteiger partial charge in [0.2, 0.25) is 5.91 Å². The van der Waals surface area contributed by atoms with E-state index in [1.807, 2.05) is 35.2 Å². The van der Waals surface area contributed by atoms with Crippen molar-refractivity contribution in [3.63, 3.8) is 0 Å². The molecule has 0 saturated carbocycles. The van der Waals surface area contributed by atoms with Crippen LogP contribution in [-0.2, 0) is 38.7 Å². The monoisotopic (exact) mass is 984 g/mol. The van der Waals surface area contributed by atoms with Crippen LogP contribution in [-0.4, -0.2) is 135 Å². The molecule has 1 aromatic carbocycles. The van der Waals surface area contributed by atoms with Gasteiger partial charge in [-0.3, -0.25) is 19.0 Å². The van der Waals surface area contributed by atoms with Crippen molar-refractivity contribution in [1.29, 1.82) is 0 Å². The third kappa shape index (κ3) is 10.4. The second kappa shape index (κ2) is 20.3. The first-order chi connectivity index (χ1) is 33.1. The number of phosphoric ester groups is 1. The molecule has 2 amide bonds. The lowest BCUT2D eigenvalue weighted by Gasteiger charge is -2.47. The first-order valence-corrected chi connectivity index (χ1v) is 26.6. The van der Waals surface area contributed by atoms with Crippen LogP contribution in [0.25, 0.3) is 0 Å². The highest BCUT2D eigenvalue weighted by Crippen LogP contribution is 2.45. The minimum atomic E-state index is -4.72. The van der Waals surface area contributed by atoms with Gasteiger partial charge < -0.3 is 49.9 Å². The summed E-state index contributed by atoms with van der Waals surface area (Å²) < 4.78 is 22.4. The first-order valence-electron chi connectivity index (χ1n) is 24.2. The molecule has 370 valence electrons. The van der Waals surface area contributed by atoms with Crippen LogP contribution in [0.2, 0.25) is 0 Å². The van der Waals surface area contributed by atoms with Gasteiger partial charge in [-0.1, -0.05) is 12.6 Å². The van der Waals surface area contributed by atoms with Crippen molar-refractivity contribution in [3.8, 4) is 5.88 Å². The fourth-order valence-electron chi connectivity index (χ4n) is 11.2. The van der Waals surface area contributed by atoms with Crippen molar-refractivity contribution in [3.05, 3.63) is 81.8 Å². The Labute approximate surface area is 408 Å². The average Bonchev–Trinajstić information content (AvgIpc) is 3.73. The van der Waals surface area contributed by atoms with E-state index in [1.54, 1.807) is 37.4 Å². The van der Waals surface area contributed by atoms with Crippen LogP contribution in [0.3, 0.4) is 0 Å². The lowest BCUT2D eigenvalue weighted by atomic mass is 9.89. The van der Waals surface area contributed by atoms with Gasteiger partial charge >= 0.3 is 7.82 Å². The number of carbonyl (C=O) groups is 2. The van der Waals surface area contributed by atoms with E-state index in [4.69, 9.17) is 19.2 Å². The number of aliphatic hydroxyl groups excluding tert-OH is 1. The number of nitrogens with one attached hydrogen (secondary N) is 2. The van der Waals surface area contributed by atoms with Crippen molar-refractivity contribution >= 4 is 65.5 Å². The number of thiophene rings is 1. The smallest absolute Gasteiger partial charge is 0.470 e. The molecule has 5 aliphatic rings. The Morgan fingerprint density at radius 1 is 0.957 bits per heavy atom. The zero-order valence-electron chi connectivity index (χ0n) is 40.0. The van der Waals surface area contributed by atoms with Gasteiger partial charge in [-0.05, 0) is 126 Å². The van der Waals surface area contributed by atoms with Crippen LogP contribution in [0.5, 0.6) is 5.88 Å². The van der Waals surface area contributed by atoms with Crippen molar-refractivity contribution in [1.82, 2.24) is 24.8 Å². The summed E-state index contributed by atoms with van der Waals surface area (Å²) in [6.45, 7) is 14.2. The van der Waals surface area contributed by atoms with E-state index in [0.29, 0.717) is 47.8 Å². The number of benzene rings is 1. The molecule has 7 heterocycles. The lowest BCUT2D eigenvalue weighted by molar-refractivity contribution is -0.111. The summed E-state index contributed by atoms with van der Waals surface area (Å²) in [4.78, 5) is 73.8. The van der Waals surface area contributed by atoms with E-state index in [1.165, 1.54) is 42.0 Å². The Balaban J connectivity index is 0.872. The molecule has 4 aliphatic heterocycles. The minimum Gasteiger partial charge on any atom is -0.478 e. The van der Waals surface area contributed by atoms with Crippen molar-refractivity contribution < 1.29 is 38.3 Å². The number of piperazine rings is 1. The average molecular weight is 985 g/mol. The molecule has 0 radical (unpaired) electrons. The predicted molar refractivity (Wildman–Crippen MR) is 268 cm³/mol. The largest absolute Gasteiger partial charge is 0.478 e. The number of methoxy groups -OCH3 is 1. The number of nitrogens with zero attached hydrogens (tertiary/aromatic N) is 8. The number of carbonyl (C=O) groups excluding carboxylic acids is 2. The number of hydrogen-bond acceptors (Lipinski definition) is 15. The van der Waals surface area contributed by atoms with Gasteiger partial charge in [0.15, 0.2) is 5.82 Å². The van der Waals surface area contributed by atoms with Crippen molar-refractivity contribution in [2.24, 2.45) is 0 Å². The maximum atomic E-state index is 14.1. The summed E-state index contributed by atoms with van der Waals surface area (Å²) >= 11 is 1.68. The van der Waals surface area contributed by atoms with Crippen LogP contribution in [0.4, 0.5) is 34.5 Å². The number of amides is 2. The molecular weight excluding hydrogens is 920 g/mol. The molecule has 5 N–H and O–H groups in total. The third-order valence-corrected chi connectivity index (χ3v) is 16.6. The second-order valence-corrected chi connectivity index (χ2v) is 21.6. The normalized spacial score (nSPS) is 21.7. The summed E-state index contributed by atoms with van der Waals surface area (Å²) in [7, 11) is -3.18. The van der Waals surface area contributed by atoms with Gasteiger partial charge in [0.25, 0.3) is 11.8 Å². The Morgan fingerprint density at radius 2 is 1.75 bits per heavy atom. The van der Waals surface area contributed by atoms with Gasteiger partial charge in [0.1, 0.15) is 17.2 Å². The molecule has 0 spiro atoms. The third-order valence-electron chi connectivity index (χ3n) is 14.6. The van der Waals surface area contributed by atoms with Crippen LogP contribution in [0.1, 0.15) is 90.7 Å². The summed E-state index contributed by atoms with van der Waals surface area (Å²) in [5.74, 6) is 1.73. The molecule has 1 aliphatic carbocycles. The summed E-state index contributed by atoms with van der Waals surface area (Å²) in [6, 6.07) is 11.3. The number of aliphatic hydroxyl groups is 1. The maximum absolute atomic E-state index is 14.1. The quantitative estimate of drug-likeness (QED) is 0.0700. The fraction of sp³-hybridized carbons (Fsp3) is 0.531. The lowest BCUT2D eigenvalue weighted by Crippen LogP contribution is -2.60. The molecule has 3 saturated heterocycles. The maximum Gasteiger partial charge on any atom is 0.470 e. The van der Waals surface area contributed by atoms with Crippen LogP contribution in [0.15, 0.2) is 55.3 Å². The van der Waals surface area contributed by atoms with E-state index >= 15 is 0 Å². The van der Waals surface area contributed by atoms with Crippen LogP contribution in [0, 0.1) is 0 Å². The molecule has 69 heavy (non-hydrogen) atoms. The molecule has 0 bridgehead atoms. The summed E-state index contributed by atoms with van der Waals surface area (Å²) in [5, 5.41) is 17.4. The van der Waals surface area contributed by atoms with E-state index < -0.39 is 13.4 Å². The molecule has 18 nitrogen and oxygen atoms in total. The van der Waals surface area contributed by atoms with Crippen LogP contribution < -0.4 is 30.1 Å². The summed E-state index contributed by atoms with van der Waals surface area (Å²) in [5.41, 5.74) is 4.01. The fourth-order valence-corrected chi connectivity index (χ4v) is 13.3. The molecule has 2 unspecified atom stereocenters. The molecule has 20 heteroatoms. The molecule has 3 aromatic heterocycles. The Bertz CT molecular complexity index is 2600. The van der Waals surface area contributed by atoms with Gasteiger partial charge in [-0.2, -0.15) is 0 Å². The molecule has 4 aromatic rings. The first kappa shape index (κ1) is 48.9. The topological polar surface area (TPSA) is 209 Å². The number of fused-ring (bicyclic) bond motifs is 3. The van der Waals surface area contributed by atoms with Crippen molar-refractivity contribution in [2.75, 3.05) is 84.9 Å². The number of hydrogen-bond donors (Lipinski definition) is 5. The number of pyridine rings is 1. The highest BCUT2D eigenvalue weighted by molar-refractivity contribution is 7.46. The number of rotatable bonds is 14. The molecule has 3 atom stereocenters. The van der Waals surface area contributed by atoms with E-state index in [2.05, 4.69) is 48.7 Å². The van der Waals surface area contributed by atoms with E-state index in [0.717, 1.165) is 94.1 Å². The van der Waals surface area contributed by atoms with E-state index in [-0.39, 0.29) is 42.4 Å². The number of aryl methyl sites for hydroxylation is 1. The van der Waals surface area contributed by atoms with Crippen LogP contribution >= 0.6 is 19.2 Å². The highest BCUT2D eigenvalue weighted by atomic mass is 32.1. The van der Waals surface area contributed by atoms with Crippen molar-refractivity contribution in [2.45, 2.75) is 108 Å². The molecular formula is C49H65N10O8PS. The van der Waals surface area contributed by atoms with Gasteiger partial charge in [0, 0.05) is 68.5 Å². The predicted octanol–water partition coefficient (Wildman–Crippen LogP) is 6.24. The van der Waals surface area contributed by atoms with Gasteiger partial charge in [-0.25, -0.2) is 19.5 Å². The van der Waals surface area contributed by atoms with Gasteiger partial charge in [0.05, 0.1) is 53.9 Å². The number of anilines is 6. The second-order valence-electron chi connectivity index (χ2n) is 19.3. The number of piperidine rings is 2. The standard InChI is InChI=1S/C49H65N10O8PS/c1-6-44(61)52-36-27-32(16-17-37(36)57-26-25-56(29-31(57)2)33-18-22-55(23-19-33)42-15-9-14-41(53-42)49(3,4)67-68(63,64)65)51-46-47(66-5)50-28-43(54-46)58-21-10-12-38(39(58)30-60)59-24-20-35-34-11-7-8-13-40(34)69-45(35)48(59)62/h6,9,14-17,27-28,31,33,38-39,60H,1,7-8,10-13,18-26,29-30H2,2-5H3,(H,51,54)(H,52,61)(H2,63,64,65)/t31-,38?,39?/m0/s1. The highest BCUT2D eigenvalue weighted by Gasteiger charge is 2.42. The molecule has 9 rings (SSSR count). The van der Waals surface area contributed by atoms with Gasteiger partial charge in [-0.15, -0.1) is 11.3 Å². The number of ether oxygens (including phenoxy) is 1. The Hall–Kier alpha value is -5.14. The number of aromatic nitrogens is 3. The van der Waals surface area contributed by atoms with E-state index in [9.17, 15) is 29.0 Å².